The highest BCUT2D eigenvalue weighted by Gasteiger charge is 2.50. The van der Waals surface area contributed by atoms with Gasteiger partial charge in [-0.05, 0) is 54.7 Å². The second kappa shape index (κ2) is 10.6. The maximum absolute atomic E-state index is 13.1. The second-order valence-electron chi connectivity index (χ2n) is 9.33. The SMILES string of the molecule is CCCc1nc2ccc(C(c3ccc(Cl)cc3)c3nccs3)cc2n1C1CCN(S(=O)(=O)C(F)(F)F)CC1. The van der Waals surface area contributed by atoms with E-state index in [1.807, 2.05) is 48.7 Å². The average Bonchev–Trinajstić information content (AvgIpc) is 3.53. The normalized spacial score (nSPS) is 16.8. The lowest BCUT2D eigenvalue weighted by molar-refractivity contribution is -0.0496. The summed E-state index contributed by atoms with van der Waals surface area (Å²) in [5, 5.41) is 3.50. The van der Waals surface area contributed by atoms with Crippen LogP contribution >= 0.6 is 22.9 Å². The number of halogens is 4. The topological polar surface area (TPSA) is 68.1 Å². The van der Waals surface area contributed by atoms with Gasteiger partial charge in [-0.1, -0.05) is 36.7 Å². The third-order valence-corrected chi connectivity index (χ3v) is 9.64. The first-order valence-electron chi connectivity index (χ1n) is 12.3. The maximum Gasteiger partial charge on any atom is 0.511 e. The van der Waals surface area contributed by atoms with Gasteiger partial charge in [-0.15, -0.1) is 11.3 Å². The number of aryl methyl sites for hydroxylation is 1. The molecule has 12 heteroatoms. The van der Waals surface area contributed by atoms with Gasteiger partial charge in [0.1, 0.15) is 10.8 Å². The number of benzene rings is 2. The molecule has 0 spiro atoms. The van der Waals surface area contributed by atoms with Gasteiger partial charge in [0.15, 0.2) is 0 Å². The lowest BCUT2D eigenvalue weighted by atomic mass is 9.91. The molecule has 2 aromatic heterocycles. The smallest absolute Gasteiger partial charge is 0.325 e. The van der Waals surface area contributed by atoms with E-state index in [0.29, 0.717) is 15.7 Å². The van der Waals surface area contributed by atoms with Gasteiger partial charge >= 0.3 is 15.5 Å². The van der Waals surface area contributed by atoms with Crippen LogP contribution in [0.2, 0.25) is 5.02 Å². The Bertz CT molecular complexity index is 1510. The fraction of sp³-hybridized carbons (Fsp3) is 0.385. The van der Waals surface area contributed by atoms with Crippen molar-refractivity contribution in [3.8, 4) is 0 Å². The third-order valence-electron chi connectivity index (χ3n) is 6.92. The zero-order valence-corrected chi connectivity index (χ0v) is 22.9. The molecule has 5 rings (SSSR count). The van der Waals surface area contributed by atoms with E-state index in [1.54, 1.807) is 17.5 Å². The molecule has 0 saturated carbocycles. The van der Waals surface area contributed by atoms with Gasteiger partial charge in [0, 0.05) is 42.2 Å². The quantitative estimate of drug-likeness (QED) is 0.241. The summed E-state index contributed by atoms with van der Waals surface area (Å²) in [6.45, 7) is 1.67. The number of sulfonamides is 1. The van der Waals surface area contributed by atoms with Gasteiger partial charge < -0.3 is 4.57 Å². The van der Waals surface area contributed by atoms with Gasteiger partial charge in [-0.3, -0.25) is 0 Å². The minimum absolute atomic E-state index is 0.131. The molecule has 3 heterocycles. The Morgan fingerprint density at radius 2 is 1.79 bits per heavy atom. The zero-order valence-electron chi connectivity index (χ0n) is 20.5. The Morgan fingerprint density at radius 3 is 2.39 bits per heavy atom. The Morgan fingerprint density at radius 1 is 1.11 bits per heavy atom. The van der Waals surface area contributed by atoms with Crippen LogP contribution in [0.3, 0.4) is 0 Å². The molecular formula is C26H26ClF3N4O2S2. The van der Waals surface area contributed by atoms with E-state index < -0.39 is 15.5 Å². The molecule has 0 amide bonds. The van der Waals surface area contributed by atoms with Gasteiger partial charge in [-0.25, -0.2) is 18.4 Å². The summed E-state index contributed by atoms with van der Waals surface area (Å²) in [6, 6.07) is 13.6. The number of imidazole rings is 1. The fourth-order valence-electron chi connectivity index (χ4n) is 5.14. The van der Waals surface area contributed by atoms with Gasteiger partial charge in [-0.2, -0.15) is 17.5 Å². The van der Waals surface area contributed by atoms with E-state index in [4.69, 9.17) is 16.6 Å². The summed E-state index contributed by atoms with van der Waals surface area (Å²) in [5.74, 6) is 0.725. The first-order chi connectivity index (χ1) is 18.1. The summed E-state index contributed by atoms with van der Waals surface area (Å²) >= 11 is 7.70. The Balaban J connectivity index is 1.54. The predicted octanol–water partition coefficient (Wildman–Crippen LogP) is 6.77. The minimum Gasteiger partial charge on any atom is -0.325 e. The highest BCUT2D eigenvalue weighted by Crippen LogP contribution is 2.38. The molecule has 1 aliphatic rings. The Labute approximate surface area is 228 Å². The highest BCUT2D eigenvalue weighted by atomic mass is 35.5. The number of piperidine rings is 1. The van der Waals surface area contributed by atoms with Crippen molar-refractivity contribution in [1.29, 1.82) is 0 Å². The number of thiazole rings is 1. The number of alkyl halides is 3. The Kier molecular flexibility index (Phi) is 7.56. The standard InChI is InChI=1S/C26H26ClF3N4O2S2/c1-2-3-23-32-21-9-6-18(24(25-31-12-15-37-25)17-4-7-19(27)8-5-17)16-22(21)34(23)20-10-13-33(14-11-20)38(35,36)26(28,29)30/h4-9,12,15-16,20,24H,2-3,10-11,13-14H2,1H3. The van der Waals surface area contributed by atoms with E-state index in [0.717, 1.165) is 39.4 Å². The Hall–Kier alpha value is -2.47. The van der Waals surface area contributed by atoms with E-state index in [2.05, 4.69) is 15.6 Å². The van der Waals surface area contributed by atoms with E-state index in [9.17, 15) is 21.6 Å². The minimum atomic E-state index is -5.34. The summed E-state index contributed by atoms with van der Waals surface area (Å²) in [7, 11) is -5.34. The van der Waals surface area contributed by atoms with Crippen LogP contribution in [0.25, 0.3) is 11.0 Å². The van der Waals surface area contributed by atoms with Crippen molar-refractivity contribution < 1.29 is 21.6 Å². The maximum atomic E-state index is 13.1. The molecule has 1 unspecified atom stereocenters. The zero-order chi connectivity index (χ0) is 27.1. The molecule has 38 heavy (non-hydrogen) atoms. The second-order valence-corrected chi connectivity index (χ2v) is 12.6. The van der Waals surface area contributed by atoms with Crippen molar-refractivity contribution in [2.75, 3.05) is 13.1 Å². The number of nitrogens with zero attached hydrogens (tertiary/aromatic N) is 4. The van der Waals surface area contributed by atoms with Crippen molar-refractivity contribution in [3.05, 3.63) is 81.0 Å². The summed E-state index contributed by atoms with van der Waals surface area (Å²) in [5.41, 5.74) is -1.56. The number of fused-ring (bicyclic) bond motifs is 1. The molecule has 6 nitrogen and oxygen atoms in total. The number of aromatic nitrogens is 3. The third kappa shape index (κ3) is 5.09. The molecule has 0 radical (unpaired) electrons. The van der Waals surface area contributed by atoms with Crippen LogP contribution in [0, 0.1) is 0 Å². The fourth-order valence-corrected chi connectivity index (χ4v) is 7.05. The summed E-state index contributed by atoms with van der Waals surface area (Å²) in [6.07, 6.45) is 3.87. The van der Waals surface area contributed by atoms with Gasteiger partial charge in [0.25, 0.3) is 0 Å². The molecule has 202 valence electrons. The van der Waals surface area contributed by atoms with Gasteiger partial charge in [0.2, 0.25) is 0 Å². The molecule has 1 saturated heterocycles. The monoisotopic (exact) mass is 582 g/mol. The molecule has 1 aliphatic heterocycles. The van der Waals surface area contributed by atoms with Crippen molar-refractivity contribution in [1.82, 2.24) is 18.8 Å². The first-order valence-corrected chi connectivity index (χ1v) is 15.0. The molecule has 1 atom stereocenters. The van der Waals surface area contributed by atoms with Crippen molar-refractivity contribution in [2.45, 2.75) is 50.1 Å². The van der Waals surface area contributed by atoms with Crippen LogP contribution in [0.15, 0.2) is 54.0 Å². The van der Waals surface area contributed by atoms with E-state index >= 15 is 0 Å². The summed E-state index contributed by atoms with van der Waals surface area (Å²) < 4.78 is 65.8. The number of hydrogen-bond donors (Lipinski definition) is 0. The largest absolute Gasteiger partial charge is 0.511 e. The molecular weight excluding hydrogens is 557 g/mol. The van der Waals surface area contributed by atoms with Crippen LogP contribution in [0.4, 0.5) is 13.2 Å². The van der Waals surface area contributed by atoms with E-state index in [1.165, 1.54) is 0 Å². The van der Waals surface area contributed by atoms with Crippen LogP contribution < -0.4 is 0 Å². The van der Waals surface area contributed by atoms with Crippen LogP contribution in [0.1, 0.15) is 60.1 Å². The first kappa shape index (κ1) is 27.1. The van der Waals surface area contributed by atoms with Crippen molar-refractivity contribution >= 4 is 44.0 Å². The molecule has 4 aromatic rings. The number of rotatable bonds is 7. The average molecular weight is 583 g/mol. The van der Waals surface area contributed by atoms with Crippen LogP contribution in [-0.2, 0) is 16.4 Å². The molecule has 0 N–H and O–H groups in total. The highest BCUT2D eigenvalue weighted by molar-refractivity contribution is 7.90. The van der Waals surface area contributed by atoms with Crippen LogP contribution in [0.5, 0.6) is 0 Å². The lowest BCUT2D eigenvalue weighted by Gasteiger charge is -2.33. The summed E-state index contributed by atoms with van der Waals surface area (Å²) in [4.78, 5) is 9.43. The molecule has 0 bridgehead atoms. The lowest BCUT2D eigenvalue weighted by Crippen LogP contribution is -2.45. The number of hydrogen-bond acceptors (Lipinski definition) is 5. The molecule has 1 fully saturated rings. The van der Waals surface area contributed by atoms with Crippen LogP contribution in [-0.4, -0.2) is 45.9 Å². The molecule has 2 aromatic carbocycles. The van der Waals surface area contributed by atoms with Crippen molar-refractivity contribution in [3.63, 3.8) is 0 Å². The van der Waals surface area contributed by atoms with E-state index in [-0.39, 0.29) is 37.9 Å². The van der Waals surface area contributed by atoms with Crippen molar-refractivity contribution in [2.24, 2.45) is 0 Å². The molecule has 0 aliphatic carbocycles. The van der Waals surface area contributed by atoms with Gasteiger partial charge in [0.05, 0.1) is 17.0 Å². The predicted molar refractivity (Wildman–Crippen MR) is 143 cm³/mol.